The Morgan fingerprint density at radius 2 is 2.06 bits per heavy atom. The zero-order chi connectivity index (χ0) is 13.1. The summed E-state index contributed by atoms with van der Waals surface area (Å²) in [5.74, 6) is 0.399. The first-order chi connectivity index (χ1) is 8.56. The fraction of sp³-hybridized carbons (Fsp3) is 0.929. The van der Waals surface area contributed by atoms with Crippen LogP contribution in [0.1, 0.15) is 45.4 Å². The average molecular weight is 253 g/mol. The Bertz CT molecular complexity index is 295. The maximum Gasteiger partial charge on any atom is 0.223 e. The van der Waals surface area contributed by atoms with Crippen molar-refractivity contribution in [2.45, 2.75) is 63.6 Å². The van der Waals surface area contributed by atoms with Crippen molar-refractivity contribution in [2.24, 2.45) is 11.7 Å². The highest BCUT2D eigenvalue weighted by atomic mass is 16.1. The van der Waals surface area contributed by atoms with E-state index in [9.17, 15) is 4.79 Å². The second-order valence-electron chi connectivity index (χ2n) is 6.18. The summed E-state index contributed by atoms with van der Waals surface area (Å²) in [5, 5.41) is 3.24. The lowest BCUT2D eigenvalue weighted by Gasteiger charge is -2.36. The van der Waals surface area contributed by atoms with Crippen LogP contribution in [0, 0.1) is 5.92 Å². The Morgan fingerprint density at radius 3 is 2.72 bits per heavy atom. The molecule has 1 aliphatic heterocycles. The monoisotopic (exact) mass is 253 g/mol. The number of nitrogens with two attached hydrogens (primary N) is 1. The van der Waals surface area contributed by atoms with Gasteiger partial charge in [0.1, 0.15) is 0 Å². The summed E-state index contributed by atoms with van der Waals surface area (Å²) in [5.41, 5.74) is 5.95. The summed E-state index contributed by atoms with van der Waals surface area (Å²) < 4.78 is 0. The molecule has 2 rings (SSSR count). The van der Waals surface area contributed by atoms with Gasteiger partial charge in [0.15, 0.2) is 0 Å². The first-order valence-corrected chi connectivity index (χ1v) is 7.32. The molecule has 18 heavy (non-hydrogen) atoms. The number of rotatable bonds is 2. The van der Waals surface area contributed by atoms with Crippen LogP contribution >= 0.6 is 0 Å². The molecule has 4 atom stereocenters. The molecule has 1 aliphatic carbocycles. The SMILES string of the molecule is CC1CC(NC(=O)C2CCCC(N)C2)CCN1C. The van der Waals surface area contributed by atoms with Crippen molar-refractivity contribution < 1.29 is 4.79 Å². The molecule has 4 nitrogen and oxygen atoms in total. The second kappa shape index (κ2) is 6.02. The molecular formula is C14H27N3O. The van der Waals surface area contributed by atoms with E-state index < -0.39 is 0 Å². The van der Waals surface area contributed by atoms with Crippen LogP contribution in [0.15, 0.2) is 0 Å². The molecule has 3 N–H and O–H groups in total. The number of amides is 1. The van der Waals surface area contributed by atoms with E-state index in [1.807, 2.05) is 0 Å². The van der Waals surface area contributed by atoms with Crippen molar-refractivity contribution in [1.29, 1.82) is 0 Å². The van der Waals surface area contributed by atoms with Gasteiger partial charge in [0.2, 0.25) is 5.91 Å². The number of nitrogens with one attached hydrogen (secondary N) is 1. The van der Waals surface area contributed by atoms with Crippen LogP contribution in [0.2, 0.25) is 0 Å². The minimum absolute atomic E-state index is 0.156. The number of nitrogens with zero attached hydrogens (tertiary/aromatic N) is 1. The van der Waals surface area contributed by atoms with E-state index in [4.69, 9.17) is 5.73 Å². The Kier molecular flexibility index (Phi) is 4.62. The maximum absolute atomic E-state index is 12.2. The summed E-state index contributed by atoms with van der Waals surface area (Å²) in [7, 11) is 2.16. The molecule has 0 aromatic rings. The third-order valence-corrected chi connectivity index (χ3v) is 4.64. The summed E-state index contributed by atoms with van der Waals surface area (Å²) in [4.78, 5) is 14.6. The molecule has 1 saturated carbocycles. The third kappa shape index (κ3) is 3.45. The lowest BCUT2D eigenvalue weighted by Crippen LogP contribution is -2.49. The summed E-state index contributed by atoms with van der Waals surface area (Å²) >= 11 is 0. The zero-order valence-corrected chi connectivity index (χ0v) is 11.7. The summed E-state index contributed by atoms with van der Waals surface area (Å²) in [6.07, 6.45) is 6.21. The number of hydrogen-bond acceptors (Lipinski definition) is 3. The number of carbonyl (C=O) groups is 1. The van der Waals surface area contributed by atoms with Crippen molar-refractivity contribution in [3.63, 3.8) is 0 Å². The van der Waals surface area contributed by atoms with Crippen LogP contribution < -0.4 is 11.1 Å². The van der Waals surface area contributed by atoms with E-state index in [2.05, 4.69) is 24.2 Å². The zero-order valence-electron chi connectivity index (χ0n) is 11.7. The van der Waals surface area contributed by atoms with Gasteiger partial charge >= 0.3 is 0 Å². The van der Waals surface area contributed by atoms with Gasteiger partial charge in [-0.3, -0.25) is 4.79 Å². The maximum atomic E-state index is 12.2. The third-order valence-electron chi connectivity index (χ3n) is 4.64. The number of carbonyl (C=O) groups excluding carboxylic acids is 1. The van der Waals surface area contributed by atoms with Crippen LogP contribution in [0.4, 0.5) is 0 Å². The van der Waals surface area contributed by atoms with E-state index in [0.717, 1.165) is 45.1 Å². The van der Waals surface area contributed by atoms with E-state index in [1.165, 1.54) is 0 Å². The smallest absolute Gasteiger partial charge is 0.223 e. The van der Waals surface area contributed by atoms with Gasteiger partial charge in [0, 0.05) is 30.6 Å². The molecule has 0 radical (unpaired) electrons. The molecule has 4 heteroatoms. The molecule has 1 amide bonds. The molecule has 1 saturated heterocycles. The van der Waals surface area contributed by atoms with E-state index in [1.54, 1.807) is 0 Å². The molecule has 0 aromatic carbocycles. The first kappa shape index (κ1) is 13.8. The molecule has 0 bridgehead atoms. The van der Waals surface area contributed by atoms with E-state index >= 15 is 0 Å². The van der Waals surface area contributed by atoms with Gasteiger partial charge < -0.3 is 16.0 Å². The molecule has 0 aromatic heterocycles. The van der Waals surface area contributed by atoms with Crippen LogP contribution in [0.3, 0.4) is 0 Å². The molecule has 104 valence electrons. The van der Waals surface area contributed by atoms with E-state index in [0.29, 0.717) is 12.1 Å². The highest BCUT2D eigenvalue weighted by Crippen LogP contribution is 2.24. The van der Waals surface area contributed by atoms with Gasteiger partial charge in [-0.05, 0) is 46.1 Å². The van der Waals surface area contributed by atoms with Crippen LogP contribution in [-0.2, 0) is 4.79 Å². The predicted molar refractivity (Wildman–Crippen MR) is 73.2 cm³/mol. The summed E-state index contributed by atoms with van der Waals surface area (Å²) in [6, 6.07) is 1.16. The van der Waals surface area contributed by atoms with Crippen molar-refractivity contribution in [1.82, 2.24) is 10.2 Å². The van der Waals surface area contributed by atoms with Crippen LogP contribution in [0.25, 0.3) is 0 Å². The molecule has 1 heterocycles. The number of hydrogen-bond donors (Lipinski definition) is 2. The average Bonchev–Trinajstić information content (AvgIpc) is 2.34. The van der Waals surface area contributed by atoms with E-state index in [-0.39, 0.29) is 17.9 Å². The largest absolute Gasteiger partial charge is 0.353 e. The van der Waals surface area contributed by atoms with Gasteiger partial charge in [0.25, 0.3) is 0 Å². The molecule has 2 fully saturated rings. The van der Waals surface area contributed by atoms with Crippen LogP contribution in [-0.4, -0.2) is 42.5 Å². The fourth-order valence-corrected chi connectivity index (χ4v) is 3.21. The minimum atomic E-state index is 0.156. The molecule has 0 spiro atoms. The van der Waals surface area contributed by atoms with Crippen LogP contribution in [0.5, 0.6) is 0 Å². The van der Waals surface area contributed by atoms with Crippen molar-refractivity contribution in [2.75, 3.05) is 13.6 Å². The molecule has 4 unspecified atom stereocenters. The Hall–Kier alpha value is -0.610. The minimum Gasteiger partial charge on any atom is -0.353 e. The quantitative estimate of drug-likeness (QED) is 0.775. The first-order valence-electron chi connectivity index (χ1n) is 7.32. The van der Waals surface area contributed by atoms with Crippen molar-refractivity contribution in [3.8, 4) is 0 Å². The normalized spacial score (nSPS) is 38.4. The number of piperidine rings is 1. The van der Waals surface area contributed by atoms with Gasteiger partial charge in [-0.1, -0.05) is 6.42 Å². The lowest BCUT2D eigenvalue weighted by molar-refractivity contribution is -0.127. The Morgan fingerprint density at radius 1 is 1.28 bits per heavy atom. The molecular weight excluding hydrogens is 226 g/mol. The standard InChI is InChI=1S/C14H27N3O/c1-10-8-13(6-7-17(10)2)16-14(18)11-4-3-5-12(15)9-11/h10-13H,3-9,15H2,1-2H3,(H,16,18). The number of likely N-dealkylation sites (tertiary alicyclic amines) is 1. The summed E-state index contributed by atoms with van der Waals surface area (Å²) in [6.45, 7) is 3.31. The highest BCUT2D eigenvalue weighted by molar-refractivity contribution is 5.79. The second-order valence-corrected chi connectivity index (χ2v) is 6.18. The van der Waals surface area contributed by atoms with Gasteiger partial charge in [-0.2, -0.15) is 0 Å². The lowest BCUT2D eigenvalue weighted by atomic mass is 9.85. The topological polar surface area (TPSA) is 58.4 Å². The predicted octanol–water partition coefficient (Wildman–Crippen LogP) is 1.10. The van der Waals surface area contributed by atoms with Crippen molar-refractivity contribution >= 4 is 5.91 Å². The van der Waals surface area contributed by atoms with Gasteiger partial charge in [0.05, 0.1) is 0 Å². The Balaban J connectivity index is 1.80. The Labute approximate surface area is 110 Å². The fourth-order valence-electron chi connectivity index (χ4n) is 3.21. The van der Waals surface area contributed by atoms with Gasteiger partial charge in [-0.15, -0.1) is 0 Å². The highest BCUT2D eigenvalue weighted by Gasteiger charge is 2.29. The van der Waals surface area contributed by atoms with Gasteiger partial charge in [-0.25, -0.2) is 0 Å². The molecule has 2 aliphatic rings. The van der Waals surface area contributed by atoms with Crippen molar-refractivity contribution in [3.05, 3.63) is 0 Å².